The number of nitrogens with one attached hydrogen (secondary N) is 1. The highest BCUT2D eigenvalue weighted by atomic mass is 35.5. The first-order valence-electron chi connectivity index (χ1n) is 5.41. The summed E-state index contributed by atoms with van der Waals surface area (Å²) in [6.07, 6.45) is 0.432. The second kappa shape index (κ2) is 5.37. The number of nitrogens with two attached hydrogens (primary N) is 1. The quantitative estimate of drug-likeness (QED) is 0.781. The smallest absolute Gasteiger partial charge is 0.337 e. The van der Waals surface area contributed by atoms with Gasteiger partial charge in [-0.15, -0.1) is 0 Å². The van der Waals surface area contributed by atoms with Crippen LogP contribution in [-0.4, -0.2) is 22.5 Å². The van der Waals surface area contributed by atoms with Crippen LogP contribution < -0.4 is 11.1 Å². The van der Waals surface area contributed by atoms with E-state index in [-0.39, 0.29) is 11.3 Å². The molecule has 1 aromatic carbocycles. The fourth-order valence-corrected chi connectivity index (χ4v) is 1.40. The number of carboxylic acids is 1. The van der Waals surface area contributed by atoms with E-state index in [9.17, 15) is 9.59 Å². The van der Waals surface area contributed by atoms with Crippen LogP contribution in [0.25, 0.3) is 0 Å². The van der Waals surface area contributed by atoms with Crippen molar-refractivity contribution in [1.82, 2.24) is 0 Å². The zero-order chi connectivity index (χ0) is 13.9. The van der Waals surface area contributed by atoms with Crippen molar-refractivity contribution in [3.63, 3.8) is 0 Å². The lowest BCUT2D eigenvalue weighted by Crippen LogP contribution is -2.48. The Hall–Kier alpha value is -1.59. The first-order valence-corrected chi connectivity index (χ1v) is 5.79. The van der Waals surface area contributed by atoms with Crippen LogP contribution in [0.2, 0.25) is 5.02 Å². The molecule has 1 rings (SSSR count). The monoisotopic (exact) mass is 270 g/mol. The Kier molecular flexibility index (Phi) is 4.32. The molecule has 0 radical (unpaired) electrons. The van der Waals surface area contributed by atoms with Gasteiger partial charge in [0.2, 0.25) is 5.91 Å². The summed E-state index contributed by atoms with van der Waals surface area (Å²) >= 11 is 5.78. The maximum Gasteiger partial charge on any atom is 0.337 e. The highest BCUT2D eigenvalue weighted by Gasteiger charge is 2.27. The number of carboxylic acid groups (broad SMARTS) is 1. The number of halogens is 1. The lowest BCUT2D eigenvalue weighted by molar-refractivity contribution is -0.120. The third kappa shape index (κ3) is 3.21. The summed E-state index contributed by atoms with van der Waals surface area (Å²) in [5.74, 6) is -1.59. The van der Waals surface area contributed by atoms with Gasteiger partial charge in [0.25, 0.3) is 0 Å². The van der Waals surface area contributed by atoms with Gasteiger partial charge < -0.3 is 16.2 Å². The normalized spacial score (nSPS) is 13.8. The fraction of sp³-hybridized carbons (Fsp3) is 0.333. The molecule has 0 saturated carbocycles. The van der Waals surface area contributed by atoms with E-state index in [0.29, 0.717) is 11.4 Å². The van der Waals surface area contributed by atoms with E-state index in [1.165, 1.54) is 18.2 Å². The first kappa shape index (κ1) is 14.5. The van der Waals surface area contributed by atoms with Crippen molar-refractivity contribution in [3.8, 4) is 0 Å². The molecule has 5 nitrogen and oxygen atoms in total. The summed E-state index contributed by atoms with van der Waals surface area (Å²) < 4.78 is 0. The maximum atomic E-state index is 11.9. The molecule has 4 N–H and O–H groups in total. The Labute approximate surface area is 110 Å². The molecule has 1 atom stereocenters. The molecule has 0 bridgehead atoms. The van der Waals surface area contributed by atoms with E-state index in [1.54, 1.807) is 13.8 Å². The SMILES string of the molecule is CCC(C)(N)C(=O)Nc1cc(Cl)ccc1C(=O)O. The lowest BCUT2D eigenvalue weighted by Gasteiger charge is -2.22. The average molecular weight is 271 g/mol. The van der Waals surface area contributed by atoms with Gasteiger partial charge in [0, 0.05) is 5.02 Å². The van der Waals surface area contributed by atoms with Crippen LogP contribution in [0.3, 0.4) is 0 Å². The topological polar surface area (TPSA) is 92.4 Å². The van der Waals surface area contributed by atoms with E-state index in [1.807, 2.05) is 0 Å². The maximum absolute atomic E-state index is 11.9. The zero-order valence-corrected chi connectivity index (χ0v) is 10.9. The second-order valence-electron chi connectivity index (χ2n) is 4.22. The van der Waals surface area contributed by atoms with E-state index in [0.717, 1.165) is 0 Å². The summed E-state index contributed by atoms with van der Waals surface area (Å²) in [5.41, 5.74) is 4.84. The van der Waals surface area contributed by atoms with Gasteiger partial charge >= 0.3 is 5.97 Å². The zero-order valence-electron chi connectivity index (χ0n) is 10.2. The third-order valence-corrected chi connectivity index (χ3v) is 2.95. The van der Waals surface area contributed by atoms with Crippen LogP contribution in [0.1, 0.15) is 30.6 Å². The van der Waals surface area contributed by atoms with Crippen LogP contribution >= 0.6 is 11.6 Å². The number of amides is 1. The minimum Gasteiger partial charge on any atom is -0.478 e. The highest BCUT2D eigenvalue weighted by molar-refractivity contribution is 6.31. The van der Waals surface area contributed by atoms with Crippen molar-refractivity contribution >= 4 is 29.2 Å². The van der Waals surface area contributed by atoms with Crippen LogP contribution in [0.5, 0.6) is 0 Å². The number of benzene rings is 1. The van der Waals surface area contributed by atoms with Crippen LogP contribution in [0, 0.1) is 0 Å². The number of carbonyl (C=O) groups excluding carboxylic acids is 1. The molecular weight excluding hydrogens is 256 g/mol. The summed E-state index contributed by atoms with van der Waals surface area (Å²) in [6.45, 7) is 3.35. The number of aromatic carboxylic acids is 1. The van der Waals surface area contributed by atoms with Gasteiger partial charge in [0.1, 0.15) is 0 Å². The van der Waals surface area contributed by atoms with Crippen molar-refractivity contribution < 1.29 is 14.7 Å². The Morgan fingerprint density at radius 1 is 1.50 bits per heavy atom. The summed E-state index contributed by atoms with van der Waals surface area (Å²) in [6, 6.07) is 4.16. The molecule has 0 aromatic heterocycles. The van der Waals surface area contributed by atoms with Gasteiger partial charge in [-0.3, -0.25) is 4.79 Å². The number of hydrogen-bond donors (Lipinski definition) is 3. The predicted octanol–water partition coefficient (Wildman–Crippen LogP) is 2.10. The van der Waals surface area contributed by atoms with Crippen molar-refractivity contribution in [1.29, 1.82) is 0 Å². The van der Waals surface area contributed by atoms with Crippen LogP contribution in [0.15, 0.2) is 18.2 Å². The molecular formula is C12H15ClN2O3. The van der Waals surface area contributed by atoms with Gasteiger partial charge in [-0.2, -0.15) is 0 Å². The minimum atomic E-state index is -1.14. The van der Waals surface area contributed by atoms with Gasteiger partial charge in [0.05, 0.1) is 16.8 Å². The van der Waals surface area contributed by atoms with Crippen LogP contribution in [0.4, 0.5) is 5.69 Å². The molecule has 6 heteroatoms. The van der Waals surface area contributed by atoms with Crippen LogP contribution in [-0.2, 0) is 4.79 Å². The third-order valence-electron chi connectivity index (χ3n) is 2.71. The largest absolute Gasteiger partial charge is 0.478 e. The average Bonchev–Trinajstić information content (AvgIpc) is 2.28. The van der Waals surface area contributed by atoms with Gasteiger partial charge in [-0.25, -0.2) is 4.79 Å². The number of carbonyl (C=O) groups is 2. The van der Waals surface area contributed by atoms with Crippen molar-refractivity contribution in [3.05, 3.63) is 28.8 Å². The summed E-state index contributed by atoms with van der Waals surface area (Å²) in [5, 5.41) is 11.8. The molecule has 0 aliphatic heterocycles. The molecule has 1 aromatic rings. The molecule has 1 unspecified atom stereocenters. The molecule has 0 heterocycles. The molecule has 18 heavy (non-hydrogen) atoms. The molecule has 1 amide bonds. The van der Waals surface area contributed by atoms with Crippen molar-refractivity contribution in [2.24, 2.45) is 5.73 Å². The molecule has 0 saturated heterocycles. The molecule has 98 valence electrons. The fourth-order valence-electron chi connectivity index (χ4n) is 1.23. The van der Waals surface area contributed by atoms with E-state index >= 15 is 0 Å². The number of rotatable bonds is 4. The molecule has 0 fully saturated rings. The van der Waals surface area contributed by atoms with Gasteiger partial charge in [0.15, 0.2) is 0 Å². The molecule has 0 aliphatic carbocycles. The second-order valence-corrected chi connectivity index (χ2v) is 4.66. The Morgan fingerprint density at radius 3 is 2.61 bits per heavy atom. The minimum absolute atomic E-state index is 0.0281. The predicted molar refractivity (Wildman–Crippen MR) is 69.9 cm³/mol. The Morgan fingerprint density at radius 2 is 2.11 bits per heavy atom. The van der Waals surface area contributed by atoms with Crippen molar-refractivity contribution in [2.45, 2.75) is 25.8 Å². The summed E-state index contributed by atoms with van der Waals surface area (Å²) in [7, 11) is 0. The number of hydrogen-bond acceptors (Lipinski definition) is 3. The lowest BCUT2D eigenvalue weighted by atomic mass is 9.99. The van der Waals surface area contributed by atoms with E-state index in [4.69, 9.17) is 22.4 Å². The van der Waals surface area contributed by atoms with Crippen molar-refractivity contribution in [2.75, 3.05) is 5.32 Å². The summed E-state index contributed by atoms with van der Waals surface area (Å²) in [4.78, 5) is 22.9. The molecule has 0 spiro atoms. The number of anilines is 1. The highest BCUT2D eigenvalue weighted by Crippen LogP contribution is 2.22. The standard InChI is InChI=1S/C12H15ClN2O3/c1-3-12(2,14)11(18)15-9-6-7(13)4-5-8(9)10(16)17/h4-6H,3,14H2,1-2H3,(H,15,18)(H,16,17). The Bertz CT molecular complexity index is 486. The van der Waals surface area contributed by atoms with E-state index < -0.39 is 17.4 Å². The van der Waals surface area contributed by atoms with Gasteiger partial charge in [-0.05, 0) is 31.5 Å². The Balaban J connectivity index is 3.07. The van der Waals surface area contributed by atoms with E-state index in [2.05, 4.69) is 5.32 Å². The molecule has 0 aliphatic rings. The van der Waals surface area contributed by atoms with Gasteiger partial charge in [-0.1, -0.05) is 18.5 Å². The first-order chi connectivity index (χ1) is 8.27.